The maximum absolute atomic E-state index is 9.63. The van der Waals surface area contributed by atoms with Crippen molar-refractivity contribution >= 4 is 29.9 Å². The van der Waals surface area contributed by atoms with Crippen molar-refractivity contribution < 1.29 is 5.11 Å². The van der Waals surface area contributed by atoms with Gasteiger partial charge >= 0.3 is 0 Å². The first-order valence-electron chi connectivity index (χ1n) is 5.51. The molecular weight excluding hydrogens is 317 g/mol. The van der Waals surface area contributed by atoms with Gasteiger partial charge in [-0.05, 0) is 12.8 Å². The molecule has 16 heavy (non-hydrogen) atoms. The highest BCUT2D eigenvalue weighted by atomic mass is 127. The van der Waals surface area contributed by atoms with E-state index in [1.807, 2.05) is 0 Å². The van der Waals surface area contributed by atoms with E-state index in [2.05, 4.69) is 22.2 Å². The average Bonchev–Trinajstić information content (AvgIpc) is 2.65. The highest BCUT2D eigenvalue weighted by Crippen LogP contribution is 2.24. The lowest BCUT2D eigenvalue weighted by atomic mass is 10.1. The zero-order valence-corrected chi connectivity index (χ0v) is 12.1. The Bertz CT molecular complexity index is 233. The summed E-state index contributed by atoms with van der Waals surface area (Å²) in [6.45, 7) is 5.12. The maximum atomic E-state index is 9.63. The minimum atomic E-state index is -0.144. The summed E-state index contributed by atoms with van der Waals surface area (Å²) in [6.07, 6.45) is 4.82. The smallest absolute Gasteiger partial charge is 0.191 e. The number of hydrogen-bond donors (Lipinski definition) is 3. The molecule has 1 aliphatic carbocycles. The molecule has 0 saturated heterocycles. The van der Waals surface area contributed by atoms with E-state index in [1.54, 1.807) is 13.1 Å². The normalized spacial score (nSPS) is 24.8. The van der Waals surface area contributed by atoms with E-state index in [0.29, 0.717) is 12.5 Å². The number of halogens is 1. The number of nitrogens with one attached hydrogen (secondary N) is 2. The van der Waals surface area contributed by atoms with E-state index in [4.69, 9.17) is 0 Å². The quantitative estimate of drug-likeness (QED) is 0.311. The molecule has 3 N–H and O–H groups in total. The second-order valence-corrected chi connectivity index (χ2v) is 3.88. The number of nitrogens with zero attached hydrogens (tertiary/aromatic N) is 1. The molecule has 1 fully saturated rings. The lowest BCUT2D eigenvalue weighted by Gasteiger charge is -2.17. The third-order valence-corrected chi connectivity index (χ3v) is 2.79. The molecular formula is C11H22IN3O. The Kier molecular flexibility index (Phi) is 8.64. The van der Waals surface area contributed by atoms with Gasteiger partial charge in [-0.2, -0.15) is 0 Å². The molecule has 0 heterocycles. The van der Waals surface area contributed by atoms with Gasteiger partial charge in [-0.1, -0.05) is 12.5 Å². The van der Waals surface area contributed by atoms with Gasteiger partial charge in [-0.15, -0.1) is 30.6 Å². The summed E-state index contributed by atoms with van der Waals surface area (Å²) in [7, 11) is 1.74. The topological polar surface area (TPSA) is 56.7 Å². The van der Waals surface area contributed by atoms with Gasteiger partial charge in [0.2, 0.25) is 0 Å². The van der Waals surface area contributed by atoms with Crippen LogP contribution in [0.2, 0.25) is 0 Å². The van der Waals surface area contributed by atoms with E-state index in [9.17, 15) is 5.11 Å². The molecule has 1 saturated carbocycles. The molecule has 0 aromatic rings. The Morgan fingerprint density at radius 2 is 2.25 bits per heavy atom. The van der Waals surface area contributed by atoms with Gasteiger partial charge in [0, 0.05) is 26.1 Å². The van der Waals surface area contributed by atoms with E-state index >= 15 is 0 Å². The van der Waals surface area contributed by atoms with Gasteiger partial charge in [-0.25, -0.2) is 0 Å². The lowest BCUT2D eigenvalue weighted by Crippen LogP contribution is -2.41. The molecule has 0 aliphatic heterocycles. The fourth-order valence-electron chi connectivity index (χ4n) is 1.87. The predicted octanol–water partition coefficient (Wildman–Crippen LogP) is 1.12. The number of aliphatic hydroxyl groups is 1. The summed E-state index contributed by atoms with van der Waals surface area (Å²) in [5.74, 6) is 1.14. The van der Waals surface area contributed by atoms with Crippen LogP contribution in [0.1, 0.15) is 19.3 Å². The summed E-state index contributed by atoms with van der Waals surface area (Å²) in [5.41, 5.74) is 0. The summed E-state index contributed by atoms with van der Waals surface area (Å²) in [4.78, 5) is 4.08. The minimum absolute atomic E-state index is 0. The van der Waals surface area contributed by atoms with Crippen molar-refractivity contribution in [3.63, 3.8) is 0 Å². The molecule has 0 spiro atoms. The van der Waals surface area contributed by atoms with Crippen molar-refractivity contribution in [2.75, 3.05) is 20.1 Å². The Balaban J connectivity index is 0.00000225. The standard InChI is InChI=1S/C11H21N3O.HI/c1-3-7-13-11(12-2)14-8-9-5-4-6-10(9)15;/h3,9-10,15H,1,4-8H2,2H3,(H2,12,13,14);1H. The molecule has 0 amide bonds. The predicted molar refractivity (Wildman–Crippen MR) is 78.3 cm³/mol. The van der Waals surface area contributed by atoms with Gasteiger partial charge in [0.25, 0.3) is 0 Å². The van der Waals surface area contributed by atoms with Crippen LogP contribution in [0.4, 0.5) is 0 Å². The lowest BCUT2D eigenvalue weighted by molar-refractivity contribution is 0.134. The number of aliphatic imine (C=N–C) groups is 1. The van der Waals surface area contributed by atoms with Gasteiger partial charge in [0.15, 0.2) is 5.96 Å². The van der Waals surface area contributed by atoms with Crippen LogP contribution in [-0.4, -0.2) is 37.3 Å². The van der Waals surface area contributed by atoms with Crippen LogP contribution in [0.25, 0.3) is 0 Å². The van der Waals surface area contributed by atoms with Crippen molar-refractivity contribution in [3.05, 3.63) is 12.7 Å². The zero-order chi connectivity index (χ0) is 11.1. The molecule has 94 valence electrons. The second-order valence-electron chi connectivity index (χ2n) is 3.88. The van der Waals surface area contributed by atoms with Crippen LogP contribution in [-0.2, 0) is 0 Å². The average molecular weight is 339 g/mol. The minimum Gasteiger partial charge on any atom is -0.393 e. The Labute approximate surface area is 115 Å². The van der Waals surface area contributed by atoms with Crippen molar-refractivity contribution in [3.8, 4) is 0 Å². The second kappa shape index (κ2) is 8.81. The Morgan fingerprint density at radius 3 is 2.75 bits per heavy atom. The highest BCUT2D eigenvalue weighted by molar-refractivity contribution is 14.0. The molecule has 2 atom stereocenters. The maximum Gasteiger partial charge on any atom is 0.191 e. The van der Waals surface area contributed by atoms with Crippen molar-refractivity contribution in [2.24, 2.45) is 10.9 Å². The molecule has 0 radical (unpaired) electrons. The van der Waals surface area contributed by atoms with Crippen LogP contribution in [0.5, 0.6) is 0 Å². The first kappa shape index (κ1) is 15.7. The molecule has 0 aromatic heterocycles. The van der Waals surface area contributed by atoms with Gasteiger partial charge in [0.1, 0.15) is 0 Å². The molecule has 2 unspecified atom stereocenters. The van der Waals surface area contributed by atoms with Crippen LogP contribution < -0.4 is 10.6 Å². The van der Waals surface area contributed by atoms with Crippen LogP contribution in [0.15, 0.2) is 17.6 Å². The number of hydrogen-bond acceptors (Lipinski definition) is 2. The Hall–Kier alpha value is -0.300. The third-order valence-electron chi connectivity index (χ3n) is 2.79. The summed E-state index contributed by atoms with van der Waals surface area (Å²) >= 11 is 0. The Morgan fingerprint density at radius 1 is 1.50 bits per heavy atom. The number of rotatable bonds is 4. The van der Waals surface area contributed by atoms with Crippen LogP contribution >= 0.6 is 24.0 Å². The monoisotopic (exact) mass is 339 g/mol. The first-order chi connectivity index (χ1) is 7.27. The summed E-state index contributed by atoms with van der Waals surface area (Å²) < 4.78 is 0. The fourth-order valence-corrected chi connectivity index (χ4v) is 1.87. The van der Waals surface area contributed by atoms with E-state index in [-0.39, 0.29) is 30.1 Å². The van der Waals surface area contributed by atoms with Crippen LogP contribution in [0, 0.1) is 5.92 Å². The summed E-state index contributed by atoms with van der Waals surface area (Å²) in [6, 6.07) is 0. The van der Waals surface area contributed by atoms with Crippen LogP contribution in [0.3, 0.4) is 0 Å². The molecule has 5 heteroatoms. The van der Waals surface area contributed by atoms with Gasteiger partial charge < -0.3 is 15.7 Å². The first-order valence-corrected chi connectivity index (χ1v) is 5.51. The molecule has 0 aromatic carbocycles. The highest BCUT2D eigenvalue weighted by Gasteiger charge is 2.24. The van der Waals surface area contributed by atoms with Gasteiger partial charge in [0.05, 0.1) is 6.10 Å². The van der Waals surface area contributed by atoms with Gasteiger partial charge in [-0.3, -0.25) is 4.99 Å². The van der Waals surface area contributed by atoms with E-state index in [1.165, 1.54) is 0 Å². The zero-order valence-electron chi connectivity index (χ0n) is 9.78. The SMILES string of the molecule is C=CCNC(=NC)NCC1CCCC1O.I. The van der Waals surface area contributed by atoms with Crippen molar-refractivity contribution in [1.82, 2.24) is 10.6 Å². The molecule has 1 rings (SSSR count). The van der Waals surface area contributed by atoms with E-state index < -0.39 is 0 Å². The number of guanidine groups is 1. The molecule has 4 nitrogen and oxygen atoms in total. The molecule has 1 aliphatic rings. The van der Waals surface area contributed by atoms with Crippen molar-refractivity contribution in [1.29, 1.82) is 0 Å². The fraction of sp³-hybridized carbons (Fsp3) is 0.727. The largest absolute Gasteiger partial charge is 0.393 e. The summed E-state index contributed by atoms with van der Waals surface area (Å²) in [5, 5.41) is 15.9. The van der Waals surface area contributed by atoms with Crippen molar-refractivity contribution in [2.45, 2.75) is 25.4 Å². The third kappa shape index (κ3) is 5.16. The van der Waals surface area contributed by atoms with E-state index in [0.717, 1.165) is 31.8 Å². The number of aliphatic hydroxyl groups excluding tert-OH is 1. The molecule has 0 bridgehead atoms.